The first-order valence-electron chi connectivity index (χ1n) is 6.25. The van der Waals surface area contributed by atoms with E-state index in [9.17, 15) is 10.1 Å². The first kappa shape index (κ1) is 15.2. The summed E-state index contributed by atoms with van der Waals surface area (Å²) < 4.78 is 4.96. The third-order valence-electron chi connectivity index (χ3n) is 2.64. The molecule has 0 fully saturated rings. The fourth-order valence-electron chi connectivity index (χ4n) is 1.62. The SMILES string of the molecule is CNc1ccc([N+](=O)[O-])c(NCCCCCOC)n1. The van der Waals surface area contributed by atoms with Gasteiger partial charge >= 0.3 is 5.69 Å². The van der Waals surface area contributed by atoms with E-state index in [2.05, 4.69) is 15.6 Å². The maximum atomic E-state index is 10.9. The Hall–Kier alpha value is -1.89. The number of anilines is 2. The van der Waals surface area contributed by atoms with E-state index in [0.717, 1.165) is 25.9 Å². The second-order valence-corrected chi connectivity index (χ2v) is 4.05. The molecule has 19 heavy (non-hydrogen) atoms. The van der Waals surface area contributed by atoms with Gasteiger partial charge in [-0.15, -0.1) is 0 Å². The molecule has 1 aromatic heterocycles. The van der Waals surface area contributed by atoms with Crippen LogP contribution in [0.4, 0.5) is 17.3 Å². The number of pyridine rings is 1. The highest BCUT2D eigenvalue weighted by atomic mass is 16.6. The maximum absolute atomic E-state index is 10.9. The van der Waals surface area contributed by atoms with Crippen molar-refractivity contribution in [2.45, 2.75) is 19.3 Å². The monoisotopic (exact) mass is 268 g/mol. The summed E-state index contributed by atoms with van der Waals surface area (Å²) in [5.41, 5.74) is -0.00380. The van der Waals surface area contributed by atoms with Crippen molar-refractivity contribution in [3.05, 3.63) is 22.2 Å². The van der Waals surface area contributed by atoms with Crippen LogP contribution >= 0.6 is 0 Å². The van der Waals surface area contributed by atoms with Gasteiger partial charge in [-0.05, 0) is 25.3 Å². The Kier molecular flexibility index (Phi) is 6.59. The van der Waals surface area contributed by atoms with E-state index in [1.165, 1.54) is 6.07 Å². The van der Waals surface area contributed by atoms with E-state index in [0.29, 0.717) is 18.2 Å². The van der Waals surface area contributed by atoms with Gasteiger partial charge in [0, 0.05) is 33.4 Å². The predicted octanol–water partition coefficient (Wildman–Crippen LogP) is 2.26. The lowest BCUT2D eigenvalue weighted by atomic mass is 10.2. The van der Waals surface area contributed by atoms with Gasteiger partial charge in [-0.2, -0.15) is 0 Å². The van der Waals surface area contributed by atoms with Crippen molar-refractivity contribution in [1.29, 1.82) is 0 Å². The number of nitrogens with zero attached hydrogens (tertiary/aromatic N) is 2. The highest BCUT2D eigenvalue weighted by Gasteiger charge is 2.15. The molecule has 1 rings (SSSR count). The zero-order valence-electron chi connectivity index (χ0n) is 11.3. The van der Waals surface area contributed by atoms with Gasteiger partial charge in [-0.1, -0.05) is 0 Å². The van der Waals surface area contributed by atoms with Gasteiger partial charge < -0.3 is 15.4 Å². The Morgan fingerprint density at radius 1 is 1.37 bits per heavy atom. The minimum absolute atomic E-state index is 0.00380. The molecule has 0 bridgehead atoms. The molecule has 0 aliphatic heterocycles. The molecule has 2 N–H and O–H groups in total. The molecule has 7 heteroatoms. The smallest absolute Gasteiger partial charge is 0.311 e. The Morgan fingerprint density at radius 3 is 2.79 bits per heavy atom. The van der Waals surface area contributed by atoms with Crippen LogP contribution in [0.15, 0.2) is 12.1 Å². The van der Waals surface area contributed by atoms with Crippen molar-refractivity contribution in [3.63, 3.8) is 0 Å². The van der Waals surface area contributed by atoms with E-state index >= 15 is 0 Å². The Morgan fingerprint density at radius 2 is 2.16 bits per heavy atom. The molecule has 0 aliphatic carbocycles. The average Bonchev–Trinajstić information content (AvgIpc) is 2.42. The van der Waals surface area contributed by atoms with E-state index in [1.807, 2.05) is 0 Å². The number of nitrogens with one attached hydrogen (secondary N) is 2. The van der Waals surface area contributed by atoms with Crippen molar-refractivity contribution in [1.82, 2.24) is 4.98 Å². The molecule has 7 nitrogen and oxygen atoms in total. The first-order valence-corrected chi connectivity index (χ1v) is 6.25. The van der Waals surface area contributed by atoms with Gasteiger partial charge in [0.15, 0.2) is 0 Å². The molecule has 0 saturated carbocycles. The zero-order valence-corrected chi connectivity index (χ0v) is 11.3. The van der Waals surface area contributed by atoms with E-state index in [4.69, 9.17) is 4.74 Å². The summed E-state index contributed by atoms with van der Waals surface area (Å²) in [6.45, 7) is 1.40. The quantitative estimate of drug-likeness (QED) is 0.405. The van der Waals surface area contributed by atoms with Crippen molar-refractivity contribution >= 4 is 17.3 Å². The number of ether oxygens (including phenoxy) is 1. The number of methoxy groups -OCH3 is 1. The second kappa shape index (κ2) is 8.25. The molecule has 0 aromatic carbocycles. The van der Waals surface area contributed by atoms with E-state index < -0.39 is 4.92 Å². The average molecular weight is 268 g/mol. The predicted molar refractivity (Wildman–Crippen MR) is 74.7 cm³/mol. The van der Waals surface area contributed by atoms with Gasteiger partial charge in [-0.3, -0.25) is 10.1 Å². The first-order chi connectivity index (χ1) is 9.19. The zero-order chi connectivity index (χ0) is 14.1. The van der Waals surface area contributed by atoms with Crippen LogP contribution in [0.1, 0.15) is 19.3 Å². The van der Waals surface area contributed by atoms with Crippen LogP contribution in [0.25, 0.3) is 0 Å². The molecular formula is C12H20N4O3. The largest absolute Gasteiger partial charge is 0.385 e. The van der Waals surface area contributed by atoms with Crippen LogP contribution in [0.3, 0.4) is 0 Å². The van der Waals surface area contributed by atoms with Crippen LogP contribution < -0.4 is 10.6 Å². The number of unbranched alkanes of at least 4 members (excludes halogenated alkanes) is 2. The van der Waals surface area contributed by atoms with Gasteiger partial charge in [-0.25, -0.2) is 4.98 Å². The third-order valence-corrected chi connectivity index (χ3v) is 2.64. The molecule has 0 aliphatic rings. The molecule has 0 unspecified atom stereocenters. The standard InChI is InChI=1S/C12H20N4O3/c1-13-11-7-6-10(16(17)18)12(15-11)14-8-4-3-5-9-19-2/h6-7H,3-5,8-9H2,1-2H3,(H2,13,14,15). The van der Waals surface area contributed by atoms with Crippen LogP contribution in [0.5, 0.6) is 0 Å². The molecule has 0 amide bonds. The normalized spacial score (nSPS) is 10.2. The maximum Gasteiger partial charge on any atom is 0.311 e. The summed E-state index contributed by atoms with van der Waals surface area (Å²) in [5, 5.41) is 16.8. The number of hydrogen-bond acceptors (Lipinski definition) is 6. The molecule has 0 atom stereocenters. The lowest BCUT2D eigenvalue weighted by Gasteiger charge is -2.08. The fourth-order valence-corrected chi connectivity index (χ4v) is 1.62. The van der Waals surface area contributed by atoms with Crippen LogP contribution in [-0.4, -0.2) is 37.2 Å². The molecule has 1 aromatic rings. The molecule has 106 valence electrons. The fraction of sp³-hybridized carbons (Fsp3) is 0.583. The van der Waals surface area contributed by atoms with Crippen molar-refractivity contribution in [3.8, 4) is 0 Å². The van der Waals surface area contributed by atoms with Crippen LogP contribution in [0.2, 0.25) is 0 Å². The van der Waals surface area contributed by atoms with E-state index in [-0.39, 0.29) is 5.69 Å². The number of nitro groups is 1. The van der Waals surface area contributed by atoms with Gasteiger partial charge in [0.1, 0.15) is 5.82 Å². The summed E-state index contributed by atoms with van der Waals surface area (Å²) in [6, 6.07) is 3.04. The van der Waals surface area contributed by atoms with Crippen molar-refractivity contribution in [2.75, 3.05) is 37.9 Å². The topological polar surface area (TPSA) is 89.3 Å². The van der Waals surface area contributed by atoms with Crippen molar-refractivity contribution < 1.29 is 9.66 Å². The third kappa shape index (κ3) is 5.09. The Balaban J connectivity index is 2.52. The summed E-state index contributed by atoms with van der Waals surface area (Å²) in [6.07, 6.45) is 2.93. The van der Waals surface area contributed by atoms with Gasteiger partial charge in [0.05, 0.1) is 4.92 Å². The summed E-state index contributed by atoms with van der Waals surface area (Å²) in [7, 11) is 3.40. The number of hydrogen-bond donors (Lipinski definition) is 2. The lowest BCUT2D eigenvalue weighted by molar-refractivity contribution is -0.384. The van der Waals surface area contributed by atoms with Crippen LogP contribution in [-0.2, 0) is 4.74 Å². The Bertz CT molecular complexity index is 412. The summed E-state index contributed by atoms with van der Waals surface area (Å²) in [4.78, 5) is 14.6. The second-order valence-electron chi connectivity index (χ2n) is 4.05. The van der Waals surface area contributed by atoms with Crippen LogP contribution in [0, 0.1) is 10.1 Å². The lowest BCUT2D eigenvalue weighted by Crippen LogP contribution is -2.07. The molecule has 0 saturated heterocycles. The Labute approximate surface area is 112 Å². The van der Waals surface area contributed by atoms with Gasteiger partial charge in [0.2, 0.25) is 5.82 Å². The van der Waals surface area contributed by atoms with Crippen molar-refractivity contribution in [2.24, 2.45) is 0 Å². The van der Waals surface area contributed by atoms with Gasteiger partial charge in [0.25, 0.3) is 0 Å². The number of aromatic nitrogens is 1. The molecule has 0 radical (unpaired) electrons. The number of rotatable bonds is 9. The molecule has 0 spiro atoms. The highest BCUT2D eigenvalue weighted by Crippen LogP contribution is 2.23. The minimum Gasteiger partial charge on any atom is -0.385 e. The summed E-state index contributed by atoms with van der Waals surface area (Å²) in [5.74, 6) is 0.913. The molecule has 1 heterocycles. The molecular weight excluding hydrogens is 248 g/mol. The summed E-state index contributed by atoms with van der Waals surface area (Å²) >= 11 is 0. The minimum atomic E-state index is -0.431. The van der Waals surface area contributed by atoms with E-state index in [1.54, 1.807) is 20.2 Å². The highest BCUT2D eigenvalue weighted by molar-refractivity contribution is 5.60.